The molecule has 1 aliphatic heterocycles. The second-order valence-electron chi connectivity index (χ2n) is 7.28. The van der Waals surface area contributed by atoms with Gasteiger partial charge in [-0.25, -0.2) is 0 Å². The summed E-state index contributed by atoms with van der Waals surface area (Å²) in [5, 5.41) is 1.33. The van der Waals surface area contributed by atoms with Gasteiger partial charge in [0.25, 0.3) is 0 Å². The summed E-state index contributed by atoms with van der Waals surface area (Å²) in [6.07, 6.45) is 0. The normalized spacial score (nSPS) is 15.7. The smallest absolute Gasteiger partial charge is 0.0922 e. The fourth-order valence-electron chi connectivity index (χ4n) is 4.71. The molecule has 138 valence electrons. The Morgan fingerprint density at radius 1 is 0.821 bits per heavy atom. The third-order valence-electron chi connectivity index (χ3n) is 5.86. The third kappa shape index (κ3) is 2.42. The number of aromatic nitrogens is 1. The minimum absolute atomic E-state index is 0.330. The van der Waals surface area contributed by atoms with Gasteiger partial charge in [-0.3, -0.25) is 0 Å². The zero-order valence-electron chi connectivity index (χ0n) is 15.5. The average molecular weight is 540 g/mol. The molecule has 0 amide bonds. The molecule has 5 rings (SSSR count). The van der Waals surface area contributed by atoms with Gasteiger partial charge in [0.1, 0.15) is 0 Å². The lowest BCUT2D eigenvalue weighted by Gasteiger charge is -2.41. The number of hydrogen-bond donors (Lipinski definition) is 0. The molecule has 0 unspecified atom stereocenters. The van der Waals surface area contributed by atoms with Gasteiger partial charge in [0.2, 0.25) is 0 Å². The first-order chi connectivity index (χ1) is 13.7. The van der Waals surface area contributed by atoms with Crippen LogP contribution in [0.2, 0.25) is 0 Å². The summed E-state index contributed by atoms with van der Waals surface area (Å²) >= 11 is 6.50. The molecule has 0 saturated heterocycles. The molecule has 3 aromatic carbocycles. The largest absolute Gasteiger partial charge is 0.338 e. The summed E-state index contributed by atoms with van der Waals surface area (Å²) in [7, 11) is 0. The highest BCUT2D eigenvalue weighted by molar-refractivity contribution is 14.1. The van der Waals surface area contributed by atoms with E-state index in [2.05, 4.69) is 135 Å². The number of benzene rings is 3. The van der Waals surface area contributed by atoms with E-state index in [-0.39, 0.29) is 5.41 Å². The second-order valence-corrected chi connectivity index (χ2v) is 9.31. The summed E-state index contributed by atoms with van der Waals surface area (Å²) < 4.78 is 5.08. The first-order valence-corrected chi connectivity index (χ1v) is 11.3. The minimum Gasteiger partial charge on any atom is -0.338 e. The maximum Gasteiger partial charge on any atom is 0.0922 e. The summed E-state index contributed by atoms with van der Waals surface area (Å²) in [6.45, 7) is 3.14. The molecule has 1 aromatic heterocycles. The predicted molar refractivity (Wildman–Crippen MR) is 129 cm³/mol. The van der Waals surface area contributed by atoms with Crippen molar-refractivity contribution in [1.29, 1.82) is 0 Å². The van der Waals surface area contributed by atoms with E-state index in [9.17, 15) is 0 Å². The Labute approximate surface area is 187 Å². The van der Waals surface area contributed by atoms with Crippen molar-refractivity contribution < 1.29 is 0 Å². The fraction of sp³-hybridized carbons (Fsp3) is 0.120. The van der Waals surface area contributed by atoms with Crippen molar-refractivity contribution in [2.75, 3.05) is 0 Å². The second kappa shape index (κ2) is 6.89. The van der Waals surface area contributed by atoms with Crippen LogP contribution in [0.1, 0.15) is 22.4 Å². The van der Waals surface area contributed by atoms with E-state index in [1.54, 1.807) is 0 Å². The predicted octanol–water partition coefficient (Wildman–Crippen LogP) is 7.34. The number of fused-ring (bicyclic) bond motifs is 3. The van der Waals surface area contributed by atoms with Crippen LogP contribution in [0, 0.1) is 6.92 Å². The first-order valence-electron chi connectivity index (χ1n) is 9.39. The van der Waals surface area contributed by atoms with Crippen molar-refractivity contribution in [2.24, 2.45) is 0 Å². The number of halogens is 2. The number of para-hydroxylation sites is 1. The first kappa shape index (κ1) is 18.2. The number of hydrogen-bond acceptors (Lipinski definition) is 0. The molecule has 0 aliphatic carbocycles. The van der Waals surface area contributed by atoms with E-state index < -0.39 is 0 Å². The lowest BCUT2D eigenvalue weighted by atomic mass is 9.69. The molecule has 0 N–H and O–H groups in total. The van der Waals surface area contributed by atoms with Gasteiger partial charge in [-0.05, 0) is 52.3 Å². The van der Waals surface area contributed by atoms with Crippen LogP contribution in [0.4, 0.5) is 0 Å². The lowest BCUT2D eigenvalue weighted by molar-refractivity contribution is 0.627. The summed E-state index contributed by atoms with van der Waals surface area (Å²) in [6, 6.07) is 30.6. The van der Waals surface area contributed by atoms with E-state index in [1.807, 2.05) is 0 Å². The maximum absolute atomic E-state index is 3.94. The van der Waals surface area contributed by atoms with Gasteiger partial charge >= 0.3 is 0 Å². The minimum atomic E-state index is -0.330. The van der Waals surface area contributed by atoms with Gasteiger partial charge in [0.15, 0.2) is 0 Å². The zero-order valence-corrected chi connectivity index (χ0v) is 19.2. The molecule has 0 radical (unpaired) electrons. The van der Waals surface area contributed by atoms with E-state index in [0.29, 0.717) is 0 Å². The van der Waals surface area contributed by atoms with Crippen LogP contribution in [0.5, 0.6) is 0 Å². The summed E-state index contributed by atoms with van der Waals surface area (Å²) in [5.74, 6) is 0. The molecule has 1 nitrogen and oxygen atoms in total. The average Bonchev–Trinajstić information content (AvgIpc) is 3.03. The number of aryl methyl sites for hydroxylation is 1. The van der Waals surface area contributed by atoms with Gasteiger partial charge < -0.3 is 4.57 Å². The van der Waals surface area contributed by atoms with Crippen LogP contribution < -0.4 is 0 Å². The van der Waals surface area contributed by atoms with Crippen LogP contribution in [-0.4, -0.2) is 4.57 Å². The Morgan fingerprint density at radius 3 is 1.96 bits per heavy atom. The van der Waals surface area contributed by atoms with E-state index in [1.165, 1.54) is 41.3 Å². The maximum atomic E-state index is 3.94. The molecule has 0 bridgehead atoms. The Bertz CT molecular complexity index is 1170. The molecule has 0 saturated carbocycles. The monoisotopic (exact) mass is 539 g/mol. The molecule has 2 heterocycles. The van der Waals surface area contributed by atoms with Crippen LogP contribution in [0.15, 0.2) is 93.0 Å². The van der Waals surface area contributed by atoms with Crippen LogP contribution in [-0.2, 0) is 12.0 Å². The van der Waals surface area contributed by atoms with Crippen molar-refractivity contribution in [2.45, 2.75) is 18.9 Å². The molecule has 3 heteroatoms. The Hall–Kier alpha value is -1.85. The molecule has 0 fully saturated rings. The van der Waals surface area contributed by atoms with E-state index in [4.69, 9.17) is 0 Å². The standard InChI is InChI=1S/C25H19BrIN/c1-17-20-14-8-9-15-22(20)28-16-21(26)23(27)25(24(17)28,18-10-4-2-5-11-18)19-12-6-3-7-13-19/h2-15H,16H2,1H3. The van der Waals surface area contributed by atoms with Gasteiger partial charge in [-0.2, -0.15) is 0 Å². The highest BCUT2D eigenvalue weighted by Crippen LogP contribution is 2.55. The van der Waals surface area contributed by atoms with Crippen molar-refractivity contribution >= 4 is 49.4 Å². The molecule has 0 spiro atoms. The molecule has 4 aromatic rings. The van der Waals surface area contributed by atoms with Crippen LogP contribution in [0.25, 0.3) is 10.9 Å². The van der Waals surface area contributed by atoms with Crippen LogP contribution in [0.3, 0.4) is 0 Å². The van der Waals surface area contributed by atoms with Crippen molar-refractivity contribution in [3.05, 3.63) is 115 Å². The lowest BCUT2D eigenvalue weighted by Crippen LogP contribution is -2.37. The quantitative estimate of drug-likeness (QED) is 0.235. The topological polar surface area (TPSA) is 4.93 Å². The van der Waals surface area contributed by atoms with Gasteiger partial charge in [-0.1, -0.05) is 94.8 Å². The van der Waals surface area contributed by atoms with Crippen molar-refractivity contribution in [3.63, 3.8) is 0 Å². The molecular formula is C25H19BrIN. The van der Waals surface area contributed by atoms with Gasteiger partial charge in [-0.15, -0.1) is 0 Å². The Kier molecular flexibility index (Phi) is 4.48. The molecule has 1 aliphatic rings. The van der Waals surface area contributed by atoms with Crippen LogP contribution >= 0.6 is 38.5 Å². The Morgan fingerprint density at radius 2 is 1.36 bits per heavy atom. The zero-order chi connectivity index (χ0) is 19.3. The van der Waals surface area contributed by atoms with Gasteiger partial charge in [0.05, 0.1) is 12.0 Å². The molecular weight excluding hydrogens is 521 g/mol. The van der Waals surface area contributed by atoms with Crippen molar-refractivity contribution in [3.8, 4) is 0 Å². The SMILES string of the molecule is Cc1c2n(c3ccccc13)CC(Br)=C(I)C2(c1ccccc1)c1ccccc1. The van der Waals surface area contributed by atoms with Crippen molar-refractivity contribution in [1.82, 2.24) is 4.57 Å². The number of rotatable bonds is 2. The van der Waals surface area contributed by atoms with E-state index in [0.717, 1.165) is 6.54 Å². The highest BCUT2D eigenvalue weighted by Gasteiger charge is 2.46. The fourth-order valence-corrected chi connectivity index (χ4v) is 6.31. The Balaban J connectivity index is 2.01. The number of nitrogens with zero attached hydrogens (tertiary/aromatic N) is 1. The van der Waals surface area contributed by atoms with Gasteiger partial charge in [0, 0.05) is 24.7 Å². The molecule has 0 atom stereocenters. The molecule has 28 heavy (non-hydrogen) atoms. The summed E-state index contributed by atoms with van der Waals surface area (Å²) in [4.78, 5) is 0. The third-order valence-corrected chi connectivity index (χ3v) is 8.71. The summed E-state index contributed by atoms with van der Waals surface area (Å²) in [5.41, 5.74) is 6.30. The highest BCUT2D eigenvalue weighted by atomic mass is 127. The number of allylic oxidation sites excluding steroid dienone is 2. The van der Waals surface area contributed by atoms with E-state index >= 15 is 0 Å².